The van der Waals surface area contributed by atoms with E-state index in [4.69, 9.17) is 5.73 Å². The van der Waals surface area contributed by atoms with E-state index in [9.17, 15) is 9.59 Å². The summed E-state index contributed by atoms with van der Waals surface area (Å²) in [7, 11) is 0. The Hall–Kier alpha value is -1.88. The summed E-state index contributed by atoms with van der Waals surface area (Å²) in [5.74, 6) is 0.902. The molecular formula is C21H29N3O2. The van der Waals surface area contributed by atoms with E-state index in [-0.39, 0.29) is 23.8 Å². The molecule has 0 radical (unpaired) electrons. The zero-order chi connectivity index (χ0) is 18.1. The van der Waals surface area contributed by atoms with Gasteiger partial charge >= 0.3 is 0 Å². The first-order valence-corrected chi connectivity index (χ1v) is 10.1. The first-order chi connectivity index (χ1) is 12.6. The molecule has 2 heterocycles. The quantitative estimate of drug-likeness (QED) is 0.903. The van der Waals surface area contributed by atoms with Crippen molar-refractivity contribution in [1.82, 2.24) is 4.90 Å². The fourth-order valence-electron chi connectivity index (χ4n) is 4.88. The second-order valence-corrected chi connectivity index (χ2v) is 8.10. The van der Waals surface area contributed by atoms with Gasteiger partial charge in [0, 0.05) is 49.6 Å². The van der Waals surface area contributed by atoms with Gasteiger partial charge in [-0.3, -0.25) is 9.59 Å². The van der Waals surface area contributed by atoms with Gasteiger partial charge in [0.25, 0.3) is 0 Å². The van der Waals surface area contributed by atoms with E-state index in [1.807, 2.05) is 15.9 Å². The predicted molar refractivity (Wildman–Crippen MR) is 102 cm³/mol. The lowest BCUT2D eigenvalue weighted by Gasteiger charge is -2.30. The van der Waals surface area contributed by atoms with Crippen molar-refractivity contribution in [1.29, 1.82) is 0 Å². The van der Waals surface area contributed by atoms with Crippen LogP contribution in [-0.2, 0) is 9.59 Å². The number of nitrogens with two attached hydrogens (primary N) is 1. The number of hydrogen-bond donors (Lipinski definition) is 1. The number of benzene rings is 1. The molecule has 1 aromatic carbocycles. The Bertz CT molecular complexity index is 690. The summed E-state index contributed by atoms with van der Waals surface area (Å²) in [5.41, 5.74) is 8.43. The molecule has 0 spiro atoms. The van der Waals surface area contributed by atoms with E-state index in [0.717, 1.165) is 63.8 Å². The predicted octanol–water partition coefficient (Wildman–Crippen LogP) is 2.65. The van der Waals surface area contributed by atoms with Crippen LogP contribution in [-0.4, -0.2) is 42.4 Å². The number of para-hydroxylation sites is 1. The minimum absolute atomic E-state index is 0.0608. The highest BCUT2D eigenvalue weighted by Gasteiger charge is 2.36. The summed E-state index contributed by atoms with van der Waals surface area (Å²) in [6.07, 6.45) is 6.44. The average molecular weight is 355 g/mol. The second-order valence-electron chi connectivity index (χ2n) is 8.10. The summed E-state index contributed by atoms with van der Waals surface area (Å²) in [6, 6.07) is 8.44. The lowest BCUT2D eigenvalue weighted by molar-refractivity contribution is -0.128. The number of hydrogen-bond acceptors (Lipinski definition) is 3. The van der Waals surface area contributed by atoms with Crippen molar-refractivity contribution in [2.24, 2.45) is 11.7 Å². The smallest absolute Gasteiger partial charge is 0.230 e. The minimum atomic E-state index is 0.0608. The van der Waals surface area contributed by atoms with Crippen LogP contribution < -0.4 is 10.6 Å². The Kier molecular flexibility index (Phi) is 4.98. The molecule has 1 aliphatic carbocycles. The van der Waals surface area contributed by atoms with E-state index in [1.54, 1.807) is 0 Å². The molecule has 2 amide bonds. The van der Waals surface area contributed by atoms with Crippen LogP contribution >= 0.6 is 0 Å². The van der Waals surface area contributed by atoms with E-state index >= 15 is 0 Å². The Labute approximate surface area is 155 Å². The van der Waals surface area contributed by atoms with Gasteiger partial charge < -0.3 is 15.5 Å². The Morgan fingerprint density at radius 1 is 1.19 bits per heavy atom. The van der Waals surface area contributed by atoms with Crippen molar-refractivity contribution >= 4 is 17.5 Å². The standard InChI is InChI=1S/C21H29N3O2/c22-17-6-3-5-15(13-17)21(26)24-14-16(18-7-1-2-8-19(18)24)10-12-23-11-4-9-20(23)25/h1-2,7-8,15-17H,3-6,9-14,22H2/t15-,16+,17-/m1/s1. The highest BCUT2D eigenvalue weighted by atomic mass is 16.2. The highest BCUT2D eigenvalue weighted by molar-refractivity contribution is 5.97. The van der Waals surface area contributed by atoms with Crippen LogP contribution in [0.1, 0.15) is 56.4 Å². The summed E-state index contributed by atoms with van der Waals surface area (Å²) < 4.78 is 0. The van der Waals surface area contributed by atoms with Crippen molar-refractivity contribution in [2.45, 2.75) is 56.9 Å². The lowest BCUT2D eigenvalue weighted by atomic mass is 9.85. The second kappa shape index (κ2) is 7.39. The van der Waals surface area contributed by atoms with Gasteiger partial charge in [0.1, 0.15) is 0 Å². The molecule has 1 saturated carbocycles. The zero-order valence-corrected chi connectivity index (χ0v) is 15.4. The maximum absolute atomic E-state index is 13.2. The molecule has 140 valence electrons. The van der Waals surface area contributed by atoms with Crippen LogP contribution in [0.3, 0.4) is 0 Å². The number of amides is 2. The molecule has 26 heavy (non-hydrogen) atoms. The topological polar surface area (TPSA) is 66.6 Å². The van der Waals surface area contributed by atoms with E-state index in [2.05, 4.69) is 18.2 Å². The number of likely N-dealkylation sites (tertiary alicyclic amines) is 1. The van der Waals surface area contributed by atoms with Crippen molar-refractivity contribution in [3.05, 3.63) is 29.8 Å². The molecule has 1 saturated heterocycles. The van der Waals surface area contributed by atoms with Gasteiger partial charge in [0.2, 0.25) is 11.8 Å². The third-order valence-electron chi connectivity index (χ3n) is 6.32. The molecule has 5 heteroatoms. The summed E-state index contributed by atoms with van der Waals surface area (Å²) in [6.45, 7) is 2.43. The van der Waals surface area contributed by atoms with Gasteiger partial charge in [-0.25, -0.2) is 0 Å². The SMILES string of the molecule is N[C@@H]1CCC[C@@H](C(=O)N2C[C@H](CCN3CCCC3=O)c3ccccc32)C1. The molecule has 1 aromatic rings. The number of carbonyl (C=O) groups is 2. The number of nitrogens with zero attached hydrogens (tertiary/aromatic N) is 2. The molecular weight excluding hydrogens is 326 g/mol. The van der Waals surface area contributed by atoms with E-state index in [1.165, 1.54) is 5.56 Å². The van der Waals surface area contributed by atoms with Crippen LogP contribution in [0, 0.1) is 5.92 Å². The number of rotatable bonds is 4. The maximum Gasteiger partial charge on any atom is 0.230 e. The van der Waals surface area contributed by atoms with Crippen LogP contribution in [0.4, 0.5) is 5.69 Å². The molecule has 2 aliphatic heterocycles. The van der Waals surface area contributed by atoms with Gasteiger partial charge in [-0.2, -0.15) is 0 Å². The fourth-order valence-corrected chi connectivity index (χ4v) is 4.88. The molecule has 4 rings (SSSR count). The molecule has 3 aliphatic rings. The third kappa shape index (κ3) is 3.37. The molecule has 2 fully saturated rings. The van der Waals surface area contributed by atoms with Gasteiger partial charge in [-0.15, -0.1) is 0 Å². The monoisotopic (exact) mass is 355 g/mol. The Balaban J connectivity index is 1.47. The molecule has 0 bridgehead atoms. The van der Waals surface area contributed by atoms with Gasteiger partial charge in [-0.1, -0.05) is 24.6 Å². The summed E-state index contributed by atoms with van der Waals surface area (Å²) in [5, 5.41) is 0. The lowest BCUT2D eigenvalue weighted by Crippen LogP contribution is -2.40. The first kappa shape index (κ1) is 17.5. The maximum atomic E-state index is 13.2. The zero-order valence-electron chi connectivity index (χ0n) is 15.4. The van der Waals surface area contributed by atoms with Gasteiger partial charge in [0.15, 0.2) is 0 Å². The molecule has 0 unspecified atom stereocenters. The third-order valence-corrected chi connectivity index (χ3v) is 6.32. The minimum Gasteiger partial charge on any atom is -0.343 e. The van der Waals surface area contributed by atoms with Crippen LogP contribution in [0.25, 0.3) is 0 Å². The van der Waals surface area contributed by atoms with Gasteiger partial charge in [-0.05, 0) is 43.7 Å². The first-order valence-electron chi connectivity index (χ1n) is 10.1. The molecule has 3 atom stereocenters. The normalized spacial score (nSPS) is 28.5. The molecule has 2 N–H and O–H groups in total. The van der Waals surface area contributed by atoms with Crippen molar-refractivity contribution in [2.75, 3.05) is 24.5 Å². The van der Waals surface area contributed by atoms with Crippen LogP contribution in [0.5, 0.6) is 0 Å². The van der Waals surface area contributed by atoms with Crippen LogP contribution in [0.2, 0.25) is 0 Å². The number of carbonyl (C=O) groups excluding carboxylic acids is 2. The molecule has 0 aromatic heterocycles. The largest absolute Gasteiger partial charge is 0.343 e. The molecule has 5 nitrogen and oxygen atoms in total. The van der Waals surface area contributed by atoms with Crippen molar-refractivity contribution < 1.29 is 9.59 Å². The van der Waals surface area contributed by atoms with Gasteiger partial charge in [0.05, 0.1) is 0 Å². The summed E-state index contributed by atoms with van der Waals surface area (Å²) in [4.78, 5) is 29.0. The Morgan fingerprint density at radius 3 is 2.81 bits per heavy atom. The van der Waals surface area contributed by atoms with E-state index < -0.39 is 0 Å². The Morgan fingerprint density at radius 2 is 2.04 bits per heavy atom. The number of anilines is 1. The number of fused-ring (bicyclic) bond motifs is 1. The summed E-state index contributed by atoms with van der Waals surface area (Å²) >= 11 is 0. The fraction of sp³-hybridized carbons (Fsp3) is 0.619. The highest BCUT2D eigenvalue weighted by Crippen LogP contribution is 2.40. The van der Waals surface area contributed by atoms with Crippen molar-refractivity contribution in [3.63, 3.8) is 0 Å². The van der Waals surface area contributed by atoms with Crippen molar-refractivity contribution in [3.8, 4) is 0 Å². The van der Waals surface area contributed by atoms with E-state index in [0.29, 0.717) is 12.3 Å². The van der Waals surface area contributed by atoms with Crippen LogP contribution in [0.15, 0.2) is 24.3 Å². The average Bonchev–Trinajstić information content (AvgIpc) is 3.23.